The summed E-state index contributed by atoms with van der Waals surface area (Å²) >= 11 is 0. The summed E-state index contributed by atoms with van der Waals surface area (Å²) < 4.78 is 0. The minimum Gasteiger partial charge on any atom is -0.336 e. The molecule has 6 amide bonds. The zero-order chi connectivity index (χ0) is 17.4. The largest absolute Gasteiger partial charge is 0.336 e. The van der Waals surface area contributed by atoms with Crippen LogP contribution in [0.1, 0.15) is 25.7 Å². The molecule has 0 spiro atoms. The minimum atomic E-state index is -0.470. The van der Waals surface area contributed by atoms with Gasteiger partial charge < -0.3 is 20.4 Å². The first kappa shape index (κ1) is 17.8. The Morgan fingerprint density at radius 1 is 0.833 bits per heavy atom. The van der Waals surface area contributed by atoms with Crippen molar-refractivity contribution in [3.05, 3.63) is 0 Å². The number of amides is 6. The Labute approximate surface area is 139 Å². The molecule has 2 rings (SSSR count). The molecule has 2 aliphatic heterocycles. The summed E-state index contributed by atoms with van der Waals surface area (Å²) in [6, 6.07) is -0.239. The van der Waals surface area contributed by atoms with Gasteiger partial charge in [-0.2, -0.15) is 0 Å². The van der Waals surface area contributed by atoms with Crippen LogP contribution in [0.4, 0.5) is 9.59 Å². The fourth-order valence-corrected chi connectivity index (χ4v) is 2.50. The molecule has 10 nitrogen and oxygen atoms in total. The van der Waals surface area contributed by atoms with E-state index in [0.717, 1.165) is 0 Å². The van der Waals surface area contributed by atoms with E-state index in [1.807, 2.05) is 0 Å². The molecule has 0 atom stereocenters. The van der Waals surface area contributed by atoms with Gasteiger partial charge >= 0.3 is 12.1 Å². The van der Waals surface area contributed by atoms with Crippen molar-refractivity contribution in [2.24, 2.45) is 10.2 Å². The van der Waals surface area contributed by atoms with Crippen molar-refractivity contribution < 1.29 is 19.2 Å². The van der Waals surface area contributed by atoms with Gasteiger partial charge in [-0.1, -0.05) is 0 Å². The van der Waals surface area contributed by atoms with Gasteiger partial charge in [-0.05, 0) is 12.8 Å². The number of nitrogens with one attached hydrogen (secondary N) is 2. The lowest BCUT2D eigenvalue weighted by molar-refractivity contribution is -0.122. The van der Waals surface area contributed by atoms with Crippen molar-refractivity contribution in [2.75, 3.05) is 39.3 Å². The second kappa shape index (κ2) is 8.94. The monoisotopic (exact) mass is 338 g/mol. The Kier molecular flexibility index (Phi) is 6.64. The van der Waals surface area contributed by atoms with Gasteiger partial charge in [0.15, 0.2) is 0 Å². The predicted molar refractivity (Wildman–Crippen MR) is 83.3 cm³/mol. The van der Waals surface area contributed by atoms with Crippen LogP contribution in [-0.4, -0.2) is 72.9 Å². The zero-order valence-electron chi connectivity index (χ0n) is 13.5. The number of urea groups is 2. The molecular weight excluding hydrogens is 316 g/mol. The maximum absolute atomic E-state index is 11.5. The summed E-state index contributed by atoms with van der Waals surface area (Å²) in [6.07, 6.45) is 1.27. The van der Waals surface area contributed by atoms with Gasteiger partial charge in [-0.3, -0.25) is 9.59 Å². The maximum atomic E-state index is 11.5. The first-order valence-corrected chi connectivity index (χ1v) is 8.09. The second-order valence-electron chi connectivity index (χ2n) is 5.63. The summed E-state index contributed by atoms with van der Waals surface area (Å²) in [6.45, 7) is 3.50. The molecule has 0 radical (unpaired) electrons. The average molecular weight is 338 g/mol. The lowest BCUT2D eigenvalue weighted by Gasteiger charge is -2.12. The Hall–Kier alpha value is -2.52. The van der Waals surface area contributed by atoms with Crippen LogP contribution in [0, 0.1) is 0 Å². The van der Waals surface area contributed by atoms with E-state index < -0.39 is 11.8 Å². The van der Waals surface area contributed by atoms with E-state index in [2.05, 4.69) is 20.9 Å². The number of hydrogen-bond acceptors (Lipinski definition) is 4. The molecule has 2 N–H and O–H groups in total. The minimum absolute atomic E-state index is 0.120. The number of nitrogens with zero attached hydrogens (tertiary/aromatic N) is 4. The molecule has 0 unspecified atom stereocenters. The molecule has 10 heteroatoms. The smallest absolute Gasteiger partial charge is 0.317 e. The van der Waals surface area contributed by atoms with Gasteiger partial charge in [0.05, 0.1) is 0 Å². The summed E-state index contributed by atoms with van der Waals surface area (Å²) in [7, 11) is 0. The normalized spacial score (nSPS) is 17.5. The van der Waals surface area contributed by atoms with Gasteiger partial charge in [0.25, 0.3) is 11.8 Å². The molecule has 2 heterocycles. The van der Waals surface area contributed by atoms with Crippen molar-refractivity contribution >= 4 is 23.9 Å². The molecule has 2 saturated heterocycles. The molecular formula is C14H22N6O4. The quantitative estimate of drug-likeness (QED) is 0.609. The van der Waals surface area contributed by atoms with Crippen LogP contribution in [0.5, 0.6) is 0 Å². The third-order valence-corrected chi connectivity index (χ3v) is 3.80. The second-order valence-corrected chi connectivity index (χ2v) is 5.63. The lowest BCUT2D eigenvalue weighted by atomic mass is 10.3. The van der Waals surface area contributed by atoms with Crippen molar-refractivity contribution in [3.8, 4) is 0 Å². The summed E-state index contributed by atoms with van der Waals surface area (Å²) in [5.74, 6) is -0.941. The molecule has 0 bridgehead atoms. The van der Waals surface area contributed by atoms with Crippen LogP contribution >= 0.6 is 0 Å². The van der Waals surface area contributed by atoms with E-state index in [0.29, 0.717) is 52.1 Å². The number of hydrogen-bond donors (Lipinski definition) is 2. The SMILES string of the molecule is O=C(CCCN1CCNC1=O)/N=N\C(=O)CCCN1CCNC1=O. The number of rotatable bonds is 8. The van der Waals surface area contributed by atoms with Crippen LogP contribution in [0.3, 0.4) is 0 Å². The molecule has 0 saturated carbocycles. The van der Waals surface area contributed by atoms with Crippen LogP contribution in [0.25, 0.3) is 0 Å². The highest BCUT2D eigenvalue weighted by atomic mass is 16.2. The predicted octanol–water partition coefficient (Wildman–Crippen LogP) is 0.103. The van der Waals surface area contributed by atoms with E-state index in [4.69, 9.17) is 0 Å². The highest BCUT2D eigenvalue weighted by Crippen LogP contribution is 2.03. The molecule has 2 aliphatic rings. The van der Waals surface area contributed by atoms with Crippen molar-refractivity contribution in [2.45, 2.75) is 25.7 Å². The molecule has 0 aliphatic carbocycles. The van der Waals surface area contributed by atoms with Crippen LogP contribution in [0.15, 0.2) is 10.2 Å². The van der Waals surface area contributed by atoms with E-state index in [-0.39, 0.29) is 24.9 Å². The highest BCUT2D eigenvalue weighted by Gasteiger charge is 2.19. The topological polar surface area (TPSA) is 124 Å². The summed E-state index contributed by atoms with van der Waals surface area (Å²) in [5.41, 5.74) is 0. The van der Waals surface area contributed by atoms with Crippen LogP contribution in [-0.2, 0) is 9.59 Å². The van der Waals surface area contributed by atoms with E-state index in [9.17, 15) is 19.2 Å². The van der Waals surface area contributed by atoms with Crippen LogP contribution in [0.2, 0.25) is 0 Å². The lowest BCUT2D eigenvalue weighted by Crippen LogP contribution is -2.29. The standard InChI is InChI=1S/C14H22N6O4/c21-11(3-1-7-19-9-5-15-13(19)23)17-18-12(22)4-2-8-20-10-6-16-14(20)24/h1-10H2,(H,15,23)(H,16,24)/b18-17-. The first-order chi connectivity index (χ1) is 11.6. The molecule has 0 aromatic rings. The Morgan fingerprint density at radius 2 is 1.25 bits per heavy atom. The fourth-order valence-electron chi connectivity index (χ4n) is 2.50. The first-order valence-electron chi connectivity index (χ1n) is 8.09. The van der Waals surface area contributed by atoms with Gasteiger partial charge in [-0.25, -0.2) is 9.59 Å². The Balaban J connectivity index is 1.55. The van der Waals surface area contributed by atoms with Crippen molar-refractivity contribution in [1.29, 1.82) is 0 Å². The third-order valence-electron chi connectivity index (χ3n) is 3.80. The van der Waals surface area contributed by atoms with Gasteiger partial charge in [0.2, 0.25) is 0 Å². The van der Waals surface area contributed by atoms with Crippen LogP contribution < -0.4 is 10.6 Å². The zero-order valence-corrected chi connectivity index (χ0v) is 13.5. The number of azo groups is 1. The van der Waals surface area contributed by atoms with Gasteiger partial charge in [0, 0.05) is 52.1 Å². The van der Waals surface area contributed by atoms with Crippen molar-refractivity contribution in [1.82, 2.24) is 20.4 Å². The van der Waals surface area contributed by atoms with E-state index in [1.54, 1.807) is 9.80 Å². The van der Waals surface area contributed by atoms with Crippen molar-refractivity contribution in [3.63, 3.8) is 0 Å². The number of carbonyl (C=O) groups is 4. The van der Waals surface area contributed by atoms with Gasteiger partial charge in [0.1, 0.15) is 0 Å². The molecule has 0 aromatic heterocycles. The fraction of sp³-hybridized carbons (Fsp3) is 0.714. The Bertz CT molecular complexity index is 489. The molecule has 132 valence electrons. The van der Waals surface area contributed by atoms with E-state index in [1.165, 1.54) is 0 Å². The summed E-state index contributed by atoms with van der Waals surface area (Å²) in [5, 5.41) is 12.1. The molecule has 0 aromatic carbocycles. The number of carbonyl (C=O) groups excluding carboxylic acids is 4. The molecule has 24 heavy (non-hydrogen) atoms. The Morgan fingerprint density at radius 3 is 1.58 bits per heavy atom. The van der Waals surface area contributed by atoms with Gasteiger partial charge in [-0.15, -0.1) is 10.2 Å². The summed E-state index contributed by atoms with van der Waals surface area (Å²) in [4.78, 5) is 48.9. The molecule has 2 fully saturated rings. The maximum Gasteiger partial charge on any atom is 0.317 e. The third kappa shape index (κ3) is 5.60. The van der Waals surface area contributed by atoms with E-state index >= 15 is 0 Å². The highest BCUT2D eigenvalue weighted by molar-refractivity contribution is 5.81. The average Bonchev–Trinajstić information content (AvgIpc) is 3.14.